The Morgan fingerprint density at radius 3 is 2.38 bits per heavy atom. The second-order valence-corrected chi connectivity index (χ2v) is 5.93. The van der Waals surface area contributed by atoms with E-state index in [9.17, 15) is 18.0 Å². The first-order valence-electron chi connectivity index (χ1n) is 7.44. The molecule has 0 aromatic rings. The van der Waals surface area contributed by atoms with Crippen molar-refractivity contribution in [3.05, 3.63) is 0 Å². The summed E-state index contributed by atoms with van der Waals surface area (Å²) in [6.07, 6.45) is -3.93. The predicted molar refractivity (Wildman–Crippen MR) is 77.5 cm³/mol. The van der Waals surface area contributed by atoms with E-state index in [1.165, 1.54) is 0 Å². The van der Waals surface area contributed by atoms with E-state index >= 15 is 0 Å². The zero-order chi connectivity index (χ0) is 18.5. The van der Waals surface area contributed by atoms with Crippen LogP contribution in [0.4, 0.5) is 13.2 Å². The van der Waals surface area contributed by atoms with Gasteiger partial charge in [0, 0.05) is 40.8 Å². The number of amides is 1. The maximum atomic E-state index is 12.0. The lowest BCUT2D eigenvalue weighted by Crippen LogP contribution is -2.46. The van der Waals surface area contributed by atoms with E-state index < -0.39 is 12.1 Å². The van der Waals surface area contributed by atoms with Gasteiger partial charge in [0.2, 0.25) is 5.91 Å². The largest absolute Gasteiger partial charge is 0.490 e. The average Bonchev–Trinajstić information content (AvgIpc) is 2.78. The molecule has 2 aliphatic rings. The number of carboxylic acid groups (broad SMARTS) is 1. The SMILES string of the molecule is COCCN1CC2CC(C(=O)N(C)C)C(C1)O2.O=C(O)C(F)(F)F. The summed E-state index contributed by atoms with van der Waals surface area (Å²) >= 11 is 0. The molecule has 0 aromatic carbocycles. The van der Waals surface area contributed by atoms with Crippen LogP contribution in [0, 0.1) is 5.92 Å². The summed E-state index contributed by atoms with van der Waals surface area (Å²) in [6.45, 7) is 3.45. The number of carbonyl (C=O) groups is 2. The van der Waals surface area contributed by atoms with E-state index in [4.69, 9.17) is 19.4 Å². The Morgan fingerprint density at radius 1 is 1.33 bits per heavy atom. The smallest absolute Gasteiger partial charge is 0.475 e. The molecule has 3 atom stereocenters. The van der Waals surface area contributed by atoms with E-state index in [0.29, 0.717) is 0 Å². The molecule has 0 aliphatic carbocycles. The number of methoxy groups -OCH3 is 1. The second kappa shape index (κ2) is 8.63. The number of fused-ring (bicyclic) bond motifs is 2. The van der Waals surface area contributed by atoms with Gasteiger partial charge in [-0.25, -0.2) is 4.79 Å². The Hall–Kier alpha value is -1.39. The highest BCUT2D eigenvalue weighted by Gasteiger charge is 2.44. The standard InChI is InChI=1S/C12H22N2O3.C2HF3O2/c1-13(2)12(15)10-6-9-7-14(4-5-16-3)8-11(10)17-9;3-2(4,5)1(6)7/h9-11H,4-8H2,1-3H3;(H,6,7). The van der Waals surface area contributed by atoms with Crippen molar-refractivity contribution in [2.45, 2.75) is 24.8 Å². The van der Waals surface area contributed by atoms with E-state index in [0.717, 1.165) is 32.7 Å². The van der Waals surface area contributed by atoms with Crippen LogP contribution < -0.4 is 0 Å². The average molecular weight is 356 g/mol. The number of carboxylic acids is 1. The maximum Gasteiger partial charge on any atom is 0.490 e. The molecule has 2 rings (SSSR count). The van der Waals surface area contributed by atoms with Crippen LogP contribution >= 0.6 is 0 Å². The number of hydrogen-bond donors (Lipinski definition) is 1. The molecule has 10 heteroatoms. The lowest BCUT2D eigenvalue weighted by Gasteiger charge is -2.32. The van der Waals surface area contributed by atoms with Crippen LogP contribution in [0.1, 0.15) is 6.42 Å². The summed E-state index contributed by atoms with van der Waals surface area (Å²) in [5, 5.41) is 7.12. The highest BCUT2D eigenvalue weighted by Crippen LogP contribution is 2.32. The second-order valence-electron chi connectivity index (χ2n) is 5.93. The molecule has 0 aromatic heterocycles. The summed E-state index contributed by atoms with van der Waals surface area (Å²) in [5.41, 5.74) is 0. The minimum atomic E-state index is -5.08. The summed E-state index contributed by atoms with van der Waals surface area (Å²) in [6, 6.07) is 0. The van der Waals surface area contributed by atoms with Gasteiger partial charge in [-0.15, -0.1) is 0 Å². The Bertz CT molecular complexity index is 445. The molecule has 0 saturated carbocycles. The topological polar surface area (TPSA) is 79.3 Å². The lowest BCUT2D eigenvalue weighted by atomic mass is 9.99. The summed E-state index contributed by atoms with van der Waals surface area (Å²) in [7, 11) is 5.34. The number of ether oxygens (including phenoxy) is 2. The summed E-state index contributed by atoms with van der Waals surface area (Å²) < 4.78 is 42.7. The van der Waals surface area contributed by atoms with Gasteiger partial charge in [0.1, 0.15) is 0 Å². The molecule has 24 heavy (non-hydrogen) atoms. The third-order valence-electron chi connectivity index (χ3n) is 3.84. The zero-order valence-corrected chi connectivity index (χ0v) is 13.9. The molecule has 0 radical (unpaired) electrons. The highest BCUT2D eigenvalue weighted by atomic mass is 19.4. The third kappa shape index (κ3) is 5.91. The molecule has 2 aliphatic heterocycles. The molecule has 7 nitrogen and oxygen atoms in total. The van der Waals surface area contributed by atoms with Gasteiger partial charge in [-0.3, -0.25) is 9.69 Å². The summed E-state index contributed by atoms with van der Waals surface area (Å²) in [4.78, 5) is 24.9. The van der Waals surface area contributed by atoms with E-state index in [1.807, 2.05) is 14.1 Å². The molecule has 2 heterocycles. The molecule has 140 valence electrons. The van der Waals surface area contributed by atoms with Crippen LogP contribution in [0.15, 0.2) is 0 Å². The molecular formula is C14H23F3N2O5. The minimum absolute atomic E-state index is 0.0440. The van der Waals surface area contributed by atoms with Crippen LogP contribution in [-0.2, 0) is 19.1 Å². The van der Waals surface area contributed by atoms with Gasteiger partial charge in [-0.2, -0.15) is 13.2 Å². The van der Waals surface area contributed by atoms with Crippen LogP contribution in [0.25, 0.3) is 0 Å². The fourth-order valence-electron chi connectivity index (χ4n) is 2.73. The van der Waals surface area contributed by atoms with Gasteiger partial charge >= 0.3 is 12.1 Å². The molecule has 0 spiro atoms. The number of alkyl halides is 3. The Balaban J connectivity index is 0.000000351. The number of halogens is 3. The fourth-order valence-corrected chi connectivity index (χ4v) is 2.73. The quantitative estimate of drug-likeness (QED) is 0.788. The number of aliphatic carboxylic acids is 1. The van der Waals surface area contributed by atoms with Gasteiger partial charge in [-0.1, -0.05) is 0 Å². The number of rotatable bonds is 4. The van der Waals surface area contributed by atoms with Crippen molar-refractivity contribution in [3.63, 3.8) is 0 Å². The normalized spacial score (nSPS) is 26.5. The number of carbonyl (C=O) groups excluding carboxylic acids is 1. The monoisotopic (exact) mass is 356 g/mol. The van der Waals surface area contributed by atoms with Crippen molar-refractivity contribution < 1.29 is 37.3 Å². The van der Waals surface area contributed by atoms with Gasteiger partial charge in [0.05, 0.1) is 24.7 Å². The lowest BCUT2D eigenvalue weighted by molar-refractivity contribution is -0.192. The van der Waals surface area contributed by atoms with Gasteiger partial charge in [0.15, 0.2) is 0 Å². The van der Waals surface area contributed by atoms with Crippen LogP contribution in [0.5, 0.6) is 0 Å². The summed E-state index contributed by atoms with van der Waals surface area (Å²) in [5.74, 6) is -2.51. The fraction of sp³-hybridized carbons (Fsp3) is 0.857. The Labute approximate surface area is 138 Å². The first-order chi connectivity index (χ1) is 11.1. The van der Waals surface area contributed by atoms with Crippen LogP contribution in [0.2, 0.25) is 0 Å². The first-order valence-corrected chi connectivity index (χ1v) is 7.44. The third-order valence-corrected chi connectivity index (χ3v) is 3.84. The number of morpholine rings is 1. The minimum Gasteiger partial charge on any atom is -0.475 e. The molecule has 2 bridgehead atoms. The molecule has 1 amide bonds. The highest BCUT2D eigenvalue weighted by molar-refractivity contribution is 5.79. The van der Waals surface area contributed by atoms with Crippen molar-refractivity contribution in [1.29, 1.82) is 0 Å². The van der Waals surface area contributed by atoms with Crippen LogP contribution in [0.3, 0.4) is 0 Å². The molecule has 2 fully saturated rings. The Morgan fingerprint density at radius 2 is 1.92 bits per heavy atom. The van der Waals surface area contributed by atoms with Gasteiger partial charge < -0.3 is 19.5 Å². The number of hydrogen-bond acceptors (Lipinski definition) is 5. The van der Waals surface area contributed by atoms with E-state index in [-0.39, 0.29) is 24.0 Å². The number of nitrogens with zero attached hydrogens (tertiary/aromatic N) is 2. The molecule has 2 saturated heterocycles. The zero-order valence-electron chi connectivity index (χ0n) is 13.9. The van der Waals surface area contributed by atoms with Crippen molar-refractivity contribution in [2.24, 2.45) is 5.92 Å². The van der Waals surface area contributed by atoms with Crippen LogP contribution in [-0.4, -0.2) is 92.6 Å². The maximum absolute atomic E-state index is 12.0. The van der Waals surface area contributed by atoms with Crippen molar-refractivity contribution in [3.8, 4) is 0 Å². The molecule has 3 unspecified atom stereocenters. The van der Waals surface area contributed by atoms with Crippen molar-refractivity contribution in [1.82, 2.24) is 9.80 Å². The van der Waals surface area contributed by atoms with Gasteiger partial charge in [-0.05, 0) is 6.42 Å². The van der Waals surface area contributed by atoms with E-state index in [1.54, 1.807) is 12.0 Å². The van der Waals surface area contributed by atoms with Crippen molar-refractivity contribution >= 4 is 11.9 Å². The van der Waals surface area contributed by atoms with Crippen molar-refractivity contribution in [2.75, 3.05) is 47.4 Å². The molecular weight excluding hydrogens is 333 g/mol. The number of likely N-dealkylation sites (tertiary alicyclic amines) is 1. The molecule has 1 N–H and O–H groups in total. The van der Waals surface area contributed by atoms with Gasteiger partial charge in [0.25, 0.3) is 0 Å². The van der Waals surface area contributed by atoms with E-state index in [2.05, 4.69) is 4.90 Å². The predicted octanol–water partition coefficient (Wildman–Crippen LogP) is 0.444. The first kappa shape index (κ1) is 20.7. The Kier molecular flexibility index (Phi) is 7.43.